The highest BCUT2D eigenvalue weighted by Crippen LogP contribution is 2.40. The van der Waals surface area contributed by atoms with Gasteiger partial charge in [-0.3, -0.25) is 0 Å². The summed E-state index contributed by atoms with van der Waals surface area (Å²) in [5.74, 6) is 0. The fraction of sp³-hybridized carbons (Fsp3) is 0.400. The summed E-state index contributed by atoms with van der Waals surface area (Å²) < 4.78 is 5.45. The molecular weight excluding hydrogens is 136 g/mol. The quantitative estimate of drug-likeness (QED) is 0.587. The first-order valence-electron chi connectivity index (χ1n) is 4.12. The van der Waals surface area contributed by atoms with Crippen molar-refractivity contribution in [3.05, 3.63) is 35.9 Å². The lowest BCUT2D eigenvalue weighted by Gasteiger charge is -1.91. The van der Waals surface area contributed by atoms with Gasteiger partial charge in [-0.15, -0.1) is 0 Å². The molecule has 1 aromatic carbocycles. The van der Waals surface area contributed by atoms with Gasteiger partial charge < -0.3 is 4.74 Å². The van der Waals surface area contributed by atoms with Gasteiger partial charge in [-0.1, -0.05) is 37.3 Å². The molecule has 1 aliphatic rings. The molecule has 1 aromatic rings. The minimum absolute atomic E-state index is 0.390. The van der Waals surface area contributed by atoms with Crippen molar-refractivity contribution in [1.29, 1.82) is 0 Å². The lowest BCUT2D eigenvalue weighted by Crippen LogP contribution is -1.84. The van der Waals surface area contributed by atoms with Crippen molar-refractivity contribution in [1.82, 2.24) is 0 Å². The fourth-order valence-electron chi connectivity index (χ4n) is 1.39. The first-order valence-corrected chi connectivity index (χ1v) is 4.12. The SMILES string of the molecule is CC[C@@H]1OC1c1ccccc1. The van der Waals surface area contributed by atoms with E-state index in [-0.39, 0.29) is 0 Å². The number of ether oxygens (including phenoxy) is 1. The van der Waals surface area contributed by atoms with Crippen molar-refractivity contribution in [3.63, 3.8) is 0 Å². The zero-order valence-electron chi connectivity index (χ0n) is 6.66. The zero-order valence-corrected chi connectivity index (χ0v) is 6.66. The minimum atomic E-state index is 0.390. The molecule has 11 heavy (non-hydrogen) atoms. The van der Waals surface area contributed by atoms with Crippen LogP contribution in [-0.4, -0.2) is 6.10 Å². The molecule has 0 amide bonds. The summed E-state index contributed by atoms with van der Waals surface area (Å²) in [6.45, 7) is 2.16. The van der Waals surface area contributed by atoms with Crippen LogP contribution >= 0.6 is 0 Å². The smallest absolute Gasteiger partial charge is 0.109 e. The van der Waals surface area contributed by atoms with E-state index in [1.807, 2.05) is 6.07 Å². The topological polar surface area (TPSA) is 12.5 Å². The van der Waals surface area contributed by atoms with Gasteiger partial charge in [0.1, 0.15) is 6.10 Å². The van der Waals surface area contributed by atoms with E-state index in [2.05, 4.69) is 31.2 Å². The van der Waals surface area contributed by atoms with E-state index >= 15 is 0 Å². The van der Waals surface area contributed by atoms with Crippen molar-refractivity contribution < 1.29 is 4.74 Å². The monoisotopic (exact) mass is 148 g/mol. The first-order chi connectivity index (χ1) is 5.42. The number of hydrogen-bond acceptors (Lipinski definition) is 1. The second-order valence-electron chi connectivity index (χ2n) is 2.91. The van der Waals surface area contributed by atoms with Crippen LogP contribution in [0.4, 0.5) is 0 Å². The summed E-state index contributed by atoms with van der Waals surface area (Å²) in [6.07, 6.45) is 2.00. The standard InChI is InChI=1S/C10H12O/c1-2-9-10(11-9)8-6-4-3-5-7-8/h3-7,9-10H,2H2,1H3/t9-,10?/m0/s1. The summed E-state index contributed by atoms with van der Waals surface area (Å²) in [4.78, 5) is 0. The van der Waals surface area contributed by atoms with Gasteiger partial charge in [-0.05, 0) is 12.0 Å². The predicted octanol–water partition coefficient (Wildman–Crippen LogP) is 2.54. The van der Waals surface area contributed by atoms with Crippen molar-refractivity contribution in [2.45, 2.75) is 25.6 Å². The van der Waals surface area contributed by atoms with Crippen LogP contribution in [0.5, 0.6) is 0 Å². The Morgan fingerprint density at radius 2 is 2.00 bits per heavy atom. The molecule has 2 atom stereocenters. The molecule has 0 radical (unpaired) electrons. The Morgan fingerprint density at radius 3 is 2.55 bits per heavy atom. The van der Waals surface area contributed by atoms with E-state index in [0.29, 0.717) is 12.2 Å². The minimum Gasteiger partial charge on any atom is -0.365 e. The number of hydrogen-bond donors (Lipinski definition) is 0. The second-order valence-corrected chi connectivity index (χ2v) is 2.91. The third-order valence-electron chi connectivity index (χ3n) is 2.11. The van der Waals surface area contributed by atoms with Gasteiger partial charge >= 0.3 is 0 Å². The van der Waals surface area contributed by atoms with Crippen LogP contribution in [0.15, 0.2) is 30.3 Å². The van der Waals surface area contributed by atoms with Gasteiger partial charge in [0.05, 0.1) is 6.10 Å². The third kappa shape index (κ3) is 1.29. The zero-order chi connectivity index (χ0) is 7.68. The van der Waals surface area contributed by atoms with E-state index in [1.165, 1.54) is 5.56 Å². The van der Waals surface area contributed by atoms with Crippen LogP contribution in [-0.2, 0) is 4.74 Å². The lowest BCUT2D eigenvalue weighted by atomic mass is 10.1. The van der Waals surface area contributed by atoms with Crippen LogP contribution in [0.25, 0.3) is 0 Å². The molecule has 1 unspecified atom stereocenters. The summed E-state index contributed by atoms with van der Waals surface area (Å²) in [5.41, 5.74) is 1.32. The summed E-state index contributed by atoms with van der Waals surface area (Å²) >= 11 is 0. The molecule has 1 nitrogen and oxygen atoms in total. The molecule has 58 valence electrons. The van der Waals surface area contributed by atoms with Crippen LogP contribution < -0.4 is 0 Å². The first kappa shape index (κ1) is 6.86. The van der Waals surface area contributed by atoms with Gasteiger partial charge in [0.25, 0.3) is 0 Å². The van der Waals surface area contributed by atoms with E-state index in [0.717, 1.165) is 6.42 Å². The Kier molecular flexibility index (Phi) is 1.66. The van der Waals surface area contributed by atoms with E-state index in [9.17, 15) is 0 Å². The number of epoxide rings is 1. The molecule has 0 aromatic heterocycles. The molecule has 1 fully saturated rings. The van der Waals surface area contributed by atoms with Gasteiger partial charge in [-0.25, -0.2) is 0 Å². The maximum absolute atomic E-state index is 5.45. The summed E-state index contributed by atoms with van der Waals surface area (Å²) in [7, 11) is 0. The highest BCUT2D eigenvalue weighted by atomic mass is 16.6. The fourth-order valence-corrected chi connectivity index (χ4v) is 1.39. The Hall–Kier alpha value is -0.820. The summed E-state index contributed by atoms with van der Waals surface area (Å²) in [6, 6.07) is 10.4. The molecule has 1 aliphatic heterocycles. The Morgan fingerprint density at radius 1 is 1.27 bits per heavy atom. The molecular formula is C10H12O. The maximum atomic E-state index is 5.45. The molecule has 0 saturated carbocycles. The highest BCUT2D eigenvalue weighted by Gasteiger charge is 2.37. The highest BCUT2D eigenvalue weighted by molar-refractivity contribution is 5.21. The Balaban J connectivity index is 2.09. The van der Waals surface area contributed by atoms with E-state index in [4.69, 9.17) is 4.74 Å². The largest absolute Gasteiger partial charge is 0.365 e. The van der Waals surface area contributed by atoms with Crippen molar-refractivity contribution in [2.24, 2.45) is 0 Å². The molecule has 1 heteroatoms. The van der Waals surface area contributed by atoms with Crippen LogP contribution in [0.3, 0.4) is 0 Å². The average Bonchev–Trinajstić information content (AvgIpc) is 2.85. The molecule has 1 saturated heterocycles. The molecule has 2 rings (SSSR count). The average molecular weight is 148 g/mol. The number of rotatable bonds is 2. The normalized spacial score (nSPS) is 28.5. The van der Waals surface area contributed by atoms with Crippen molar-refractivity contribution >= 4 is 0 Å². The summed E-state index contributed by atoms with van der Waals surface area (Å²) in [5, 5.41) is 0. The van der Waals surface area contributed by atoms with Crippen LogP contribution in [0, 0.1) is 0 Å². The predicted molar refractivity (Wildman–Crippen MR) is 44.3 cm³/mol. The van der Waals surface area contributed by atoms with Crippen molar-refractivity contribution in [3.8, 4) is 0 Å². The van der Waals surface area contributed by atoms with Gasteiger partial charge in [0.2, 0.25) is 0 Å². The van der Waals surface area contributed by atoms with Crippen LogP contribution in [0.1, 0.15) is 25.0 Å². The lowest BCUT2D eigenvalue weighted by molar-refractivity contribution is 0.370. The maximum Gasteiger partial charge on any atom is 0.109 e. The molecule has 0 aliphatic carbocycles. The Bertz CT molecular complexity index is 230. The van der Waals surface area contributed by atoms with Crippen LogP contribution in [0.2, 0.25) is 0 Å². The van der Waals surface area contributed by atoms with E-state index < -0.39 is 0 Å². The second kappa shape index (κ2) is 2.67. The van der Waals surface area contributed by atoms with Gasteiger partial charge in [-0.2, -0.15) is 0 Å². The molecule has 1 heterocycles. The number of benzene rings is 1. The third-order valence-corrected chi connectivity index (χ3v) is 2.11. The van der Waals surface area contributed by atoms with Gasteiger partial charge in [0.15, 0.2) is 0 Å². The molecule has 0 N–H and O–H groups in total. The molecule has 0 spiro atoms. The van der Waals surface area contributed by atoms with Crippen molar-refractivity contribution in [2.75, 3.05) is 0 Å². The van der Waals surface area contributed by atoms with E-state index in [1.54, 1.807) is 0 Å². The molecule has 0 bridgehead atoms. The Labute approximate surface area is 67.0 Å². The van der Waals surface area contributed by atoms with Gasteiger partial charge in [0, 0.05) is 0 Å².